The highest BCUT2D eigenvalue weighted by atomic mass is 79.9. The van der Waals surface area contributed by atoms with Crippen LogP contribution in [-0.2, 0) is 11.3 Å². The fourth-order valence-electron chi connectivity index (χ4n) is 1.69. The van der Waals surface area contributed by atoms with Gasteiger partial charge < -0.3 is 11.1 Å². The van der Waals surface area contributed by atoms with Gasteiger partial charge in [-0.3, -0.25) is 9.69 Å². The highest BCUT2D eigenvalue weighted by Gasteiger charge is 2.09. The van der Waals surface area contributed by atoms with Crippen LogP contribution in [-0.4, -0.2) is 30.4 Å². The van der Waals surface area contributed by atoms with Gasteiger partial charge in [0.2, 0.25) is 5.91 Å². The fraction of sp³-hybridized carbons (Fsp3) is 0.462. The fourth-order valence-corrected chi connectivity index (χ4v) is 1.93. The zero-order chi connectivity index (χ0) is 13.5. The number of anilines is 1. The third-order valence-electron chi connectivity index (χ3n) is 2.65. The minimum atomic E-state index is 0.0597. The second kappa shape index (κ2) is 7.38. The van der Waals surface area contributed by atoms with Crippen LogP contribution in [0.2, 0.25) is 0 Å². The Bertz CT molecular complexity index is 409. The molecule has 0 unspecified atom stereocenters. The molecule has 18 heavy (non-hydrogen) atoms. The Labute approximate surface area is 117 Å². The summed E-state index contributed by atoms with van der Waals surface area (Å²) in [6, 6.07) is 5.88. The lowest BCUT2D eigenvalue weighted by atomic mass is 10.2. The summed E-state index contributed by atoms with van der Waals surface area (Å²) < 4.78 is 0.901. The first kappa shape index (κ1) is 15.0. The minimum Gasteiger partial charge on any atom is -0.398 e. The van der Waals surface area contributed by atoms with Crippen molar-refractivity contribution in [2.75, 3.05) is 25.4 Å². The second-order valence-electron chi connectivity index (χ2n) is 4.11. The molecule has 0 aromatic heterocycles. The Morgan fingerprint density at radius 3 is 2.72 bits per heavy atom. The number of nitrogen functional groups attached to an aromatic ring is 1. The number of hydrogen-bond donors (Lipinski definition) is 2. The van der Waals surface area contributed by atoms with E-state index in [1.807, 2.05) is 32.0 Å². The van der Waals surface area contributed by atoms with Gasteiger partial charge in [-0.15, -0.1) is 0 Å². The number of nitrogens with one attached hydrogen (secondary N) is 1. The molecule has 100 valence electrons. The molecule has 0 saturated heterocycles. The van der Waals surface area contributed by atoms with Crippen molar-refractivity contribution in [3.63, 3.8) is 0 Å². The maximum Gasteiger partial charge on any atom is 0.234 e. The average Bonchev–Trinajstić information content (AvgIpc) is 2.33. The number of carbonyl (C=O) groups is 1. The minimum absolute atomic E-state index is 0.0597. The van der Waals surface area contributed by atoms with Gasteiger partial charge in [0.05, 0.1) is 6.54 Å². The Kier molecular flexibility index (Phi) is 6.15. The lowest BCUT2D eigenvalue weighted by Gasteiger charge is -2.20. The van der Waals surface area contributed by atoms with Gasteiger partial charge in [0.25, 0.3) is 0 Å². The Hall–Kier alpha value is -1.07. The summed E-state index contributed by atoms with van der Waals surface area (Å²) in [7, 11) is 0. The molecule has 1 amide bonds. The lowest BCUT2D eigenvalue weighted by Crippen LogP contribution is -2.36. The highest BCUT2D eigenvalue weighted by Crippen LogP contribution is 2.20. The molecule has 0 radical (unpaired) electrons. The summed E-state index contributed by atoms with van der Waals surface area (Å²) in [6.07, 6.45) is 0. The number of nitrogens with two attached hydrogens (primary N) is 1. The van der Waals surface area contributed by atoms with Crippen molar-refractivity contribution >= 4 is 27.5 Å². The van der Waals surface area contributed by atoms with E-state index in [4.69, 9.17) is 5.73 Å². The van der Waals surface area contributed by atoms with Crippen LogP contribution in [0.15, 0.2) is 22.7 Å². The Morgan fingerprint density at radius 1 is 1.44 bits per heavy atom. The molecule has 1 aromatic carbocycles. The average molecular weight is 314 g/mol. The van der Waals surface area contributed by atoms with E-state index in [-0.39, 0.29) is 5.91 Å². The molecule has 0 aliphatic carbocycles. The lowest BCUT2D eigenvalue weighted by molar-refractivity contribution is -0.122. The first-order chi connectivity index (χ1) is 8.56. The summed E-state index contributed by atoms with van der Waals surface area (Å²) >= 11 is 3.37. The topological polar surface area (TPSA) is 58.4 Å². The first-order valence-corrected chi connectivity index (χ1v) is 6.89. The number of hydrogen-bond acceptors (Lipinski definition) is 3. The van der Waals surface area contributed by atoms with Crippen LogP contribution in [0.1, 0.15) is 19.4 Å². The molecule has 0 aliphatic heterocycles. The van der Waals surface area contributed by atoms with Crippen LogP contribution in [0.25, 0.3) is 0 Å². The molecule has 0 heterocycles. The van der Waals surface area contributed by atoms with Crippen molar-refractivity contribution in [2.45, 2.75) is 20.4 Å². The molecule has 0 fully saturated rings. The molecule has 1 aromatic rings. The number of halogens is 1. The summed E-state index contributed by atoms with van der Waals surface area (Å²) in [5.74, 6) is 0.0597. The molecule has 0 spiro atoms. The zero-order valence-corrected chi connectivity index (χ0v) is 12.5. The zero-order valence-electron chi connectivity index (χ0n) is 10.9. The molecule has 5 heteroatoms. The predicted molar refractivity (Wildman–Crippen MR) is 78.2 cm³/mol. The predicted octanol–water partition coefficient (Wildman–Crippen LogP) is 1.99. The van der Waals surface area contributed by atoms with E-state index in [2.05, 4.69) is 26.1 Å². The van der Waals surface area contributed by atoms with E-state index >= 15 is 0 Å². The second-order valence-corrected chi connectivity index (χ2v) is 4.97. The van der Waals surface area contributed by atoms with Gasteiger partial charge in [-0.05, 0) is 47.1 Å². The summed E-state index contributed by atoms with van der Waals surface area (Å²) in [5.41, 5.74) is 7.68. The molecule has 0 atom stereocenters. The van der Waals surface area contributed by atoms with Gasteiger partial charge in [-0.25, -0.2) is 0 Å². The van der Waals surface area contributed by atoms with E-state index < -0.39 is 0 Å². The van der Waals surface area contributed by atoms with Crippen molar-refractivity contribution in [3.05, 3.63) is 28.2 Å². The first-order valence-electron chi connectivity index (χ1n) is 6.09. The summed E-state index contributed by atoms with van der Waals surface area (Å²) in [5, 5.41) is 2.80. The highest BCUT2D eigenvalue weighted by molar-refractivity contribution is 9.10. The van der Waals surface area contributed by atoms with Gasteiger partial charge in [-0.1, -0.05) is 13.0 Å². The van der Waals surface area contributed by atoms with Gasteiger partial charge in [0.15, 0.2) is 0 Å². The van der Waals surface area contributed by atoms with Crippen molar-refractivity contribution in [2.24, 2.45) is 0 Å². The molecule has 3 N–H and O–H groups in total. The number of amides is 1. The third kappa shape index (κ3) is 4.66. The van der Waals surface area contributed by atoms with Crippen LogP contribution < -0.4 is 11.1 Å². The van der Waals surface area contributed by atoms with Crippen LogP contribution in [0, 0.1) is 0 Å². The van der Waals surface area contributed by atoms with Gasteiger partial charge in [0.1, 0.15) is 0 Å². The normalized spacial score (nSPS) is 10.7. The molecule has 1 rings (SSSR count). The monoisotopic (exact) mass is 313 g/mol. The Morgan fingerprint density at radius 2 is 2.17 bits per heavy atom. The van der Waals surface area contributed by atoms with Crippen molar-refractivity contribution in [1.29, 1.82) is 0 Å². The maximum absolute atomic E-state index is 11.5. The molecule has 0 aliphatic rings. The van der Waals surface area contributed by atoms with Gasteiger partial charge >= 0.3 is 0 Å². The van der Waals surface area contributed by atoms with Crippen molar-refractivity contribution in [1.82, 2.24) is 10.2 Å². The number of rotatable bonds is 6. The number of benzene rings is 1. The standard InChI is InChI=1S/C13H20BrN3O/c1-3-16-13(18)9-17(4-2)8-10-5-6-11(14)12(15)7-10/h5-7H,3-4,8-9,15H2,1-2H3,(H,16,18). The van der Waals surface area contributed by atoms with E-state index in [9.17, 15) is 4.79 Å². The van der Waals surface area contributed by atoms with Crippen molar-refractivity contribution < 1.29 is 4.79 Å². The largest absolute Gasteiger partial charge is 0.398 e. The van der Waals surface area contributed by atoms with Crippen LogP contribution in [0.5, 0.6) is 0 Å². The Balaban J connectivity index is 2.62. The molecular weight excluding hydrogens is 294 g/mol. The summed E-state index contributed by atoms with van der Waals surface area (Å²) in [4.78, 5) is 13.6. The number of carbonyl (C=O) groups excluding carboxylic acids is 1. The third-order valence-corrected chi connectivity index (χ3v) is 3.38. The van der Waals surface area contributed by atoms with Crippen molar-refractivity contribution in [3.8, 4) is 0 Å². The number of likely N-dealkylation sites (N-methyl/N-ethyl adjacent to an activating group) is 2. The van der Waals surface area contributed by atoms with E-state index in [0.29, 0.717) is 13.1 Å². The van der Waals surface area contributed by atoms with E-state index in [1.54, 1.807) is 0 Å². The van der Waals surface area contributed by atoms with E-state index in [0.717, 1.165) is 28.8 Å². The molecule has 4 nitrogen and oxygen atoms in total. The van der Waals surface area contributed by atoms with E-state index in [1.165, 1.54) is 0 Å². The van der Waals surface area contributed by atoms with Crippen LogP contribution in [0.4, 0.5) is 5.69 Å². The number of nitrogens with zero attached hydrogens (tertiary/aromatic N) is 1. The van der Waals surface area contributed by atoms with Crippen LogP contribution in [0.3, 0.4) is 0 Å². The molecule has 0 bridgehead atoms. The maximum atomic E-state index is 11.5. The molecule has 0 saturated carbocycles. The van der Waals surface area contributed by atoms with Gasteiger partial charge in [0, 0.05) is 23.2 Å². The molecular formula is C13H20BrN3O. The van der Waals surface area contributed by atoms with Gasteiger partial charge in [-0.2, -0.15) is 0 Å². The quantitative estimate of drug-likeness (QED) is 0.790. The summed E-state index contributed by atoms with van der Waals surface area (Å²) in [6.45, 7) is 6.60. The smallest absolute Gasteiger partial charge is 0.234 e. The van der Waals surface area contributed by atoms with Crippen LogP contribution >= 0.6 is 15.9 Å². The SMILES string of the molecule is CCNC(=O)CN(CC)Cc1ccc(Br)c(N)c1.